The predicted octanol–water partition coefficient (Wildman–Crippen LogP) is 2.90. The molecule has 2 aromatic rings. The lowest BCUT2D eigenvalue weighted by atomic mass is 10.0. The van der Waals surface area contributed by atoms with E-state index in [0.717, 1.165) is 5.56 Å². The van der Waals surface area contributed by atoms with Crippen LogP contribution in [0.3, 0.4) is 0 Å². The van der Waals surface area contributed by atoms with Gasteiger partial charge in [-0.3, -0.25) is 0 Å². The molecule has 0 aliphatic carbocycles. The van der Waals surface area contributed by atoms with E-state index in [1.807, 2.05) is 6.92 Å². The number of hydrogen-bond donors (Lipinski definition) is 0. The number of hydrogen-bond acceptors (Lipinski definition) is 4. The Morgan fingerprint density at radius 2 is 1.62 bits per heavy atom. The first kappa shape index (κ1) is 17.6. The molecule has 0 N–H and O–H groups in total. The second-order valence-electron chi connectivity index (χ2n) is 5.06. The van der Waals surface area contributed by atoms with Crippen LogP contribution >= 0.6 is 0 Å². The third-order valence-electron chi connectivity index (χ3n) is 3.30. The molecule has 6 heteroatoms. The van der Waals surface area contributed by atoms with Crippen molar-refractivity contribution in [3.63, 3.8) is 0 Å². The zero-order valence-electron chi connectivity index (χ0n) is 13.4. The van der Waals surface area contributed by atoms with E-state index in [9.17, 15) is 13.2 Å². The molecule has 24 heavy (non-hydrogen) atoms. The molecule has 0 saturated heterocycles. The summed E-state index contributed by atoms with van der Waals surface area (Å²) in [6, 6.07) is 14.8. The molecule has 0 radical (unpaired) electrons. The molecular formula is C18H17NO4S. The van der Waals surface area contributed by atoms with Gasteiger partial charge in [0.05, 0.1) is 23.3 Å². The number of esters is 1. The minimum Gasteiger partial charge on any atom is -0.465 e. The van der Waals surface area contributed by atoms with Crippen molar-refractivity contribution in [2.75, 3.05) is 7.11 Å². The van der Waals surface area contributed by atoms with Crippen LogP contribution in [0, 0.1) is 6.92 Å². The summed E-state index contributed by atoms with van der Waals surface area (Å²) < 4.78 is 33.6. The summed E-state index contributed by atoms with van der Waals surface area (Å²) in [7, 11) is -2.79. The van der Waals surface area contributed by atoms with Crippen LogP contribution in [0.4, 0.5) is 0 Å². The maximum absolute atomic E-state index is 12.6. The predicted molar refractivity (Wildman–Crippen MR) is 92.5 cm³/mol. The van der Waals surface area contributed by atoms with Gasteiger partial charge in [-0.2, -0.15) is 12.8 Å². The molecule has 0 amide bonds. The molecule has 0 heterocycles. The van der Waals surface area contributed by atoms with E-state index in [-0.39, 0.29) is 16.2 Å². The fourth-order valence-electron chi connectivity index (χ4n) is 1.98. The van der Waals surface area contributed by atoms with Crippen LogP contribution in [0.25, 0.3) is 0 Å². The number of carbonyl (C=O) groups excluding carboxylic acids is 1. The van der Waals surface area contributed by atoms with Crippen LogP contribution in [0.2, 0.25) is 0 Å². The van der Waals surface area contributed by atoms with E-state index in [0.29, 0.717) is 5.56 Å². The Kier molecular flexibility index (Phi) is 5.31. The van der Waals surface area contributed by atoms with Gasteiger partial charge in [0.1, 0.15) is 0 Å². The molecule has 0 fully saturated rings. The van der Waals surface area contributed by atoms with Gasteiger partial charge in [-0.05, 0) is 19.1 Å². The second kappa shape index (κ2) is 7.23. The summed E-state index contributed by atoms with van der Waals surface area (Å²) in [5.74, 6) is -0.739. The molecule has 0 spiro atoms. The van der Waals surface area contributed by atoms with E-state index >= 15 is 0 Å². The zero-order chi connectivity index (χ0) is 17.7. The van der Waals surface area contributed by atoms with Gasteiger partial charge < -0.3 is 4.74 Å². The van der Waals surface area contributed by atoms with Crippen molar-refractivity contribution >= 4 is 21.7 Å². The SMILES string of the molecule is C=C(C(=O)OC)/C(=N/S(=O)(=O)c1ccc(C)cc1)c1ccccc1. The van der Waals surface area contributed by atoms with Crippen LogP contribution in [-0.2, 0) is 19.6 Å². The summed E-state index contributed by atoms with van der Waals surface area (Å²) in [6.07, 6.45) is 0. The van der Waals surface area contributed by atoms with E-state index in [4.69, 9.17) is 0 Å². The number of ether oxygens (including phenoxy) is 1. The Morgan fingerprint density at radius 3 is 2.17 bits per heavy atom. The zero-order valence-corrected chi connectivity index (χ0v) is 14.2. The number of sulfonamides is 1. The summed E-state index contributed by atoms with van der Waals surface area (Å²) in [5.41, 5.74) is 1.23. The molecule has 2 aromatic carbocycles. The van der Waals surface area contributed by atoms with Crippen LogP contribution < -0.4 is 0 Å². The summed E-state index contributed by atoms with van der Waals surface area (Å²) >= 11 is 0. The Morgan fingerprint density at radius 1 is 1.04 bits per heavy atom. The Labute approximate surface area is 141 Å². The first-order valence-corrected chi connectivity index (χ1v) is 8.54. The molecule has 0 aliphatic rings. The van der Waals surface area contributed by atoms with Crippen molar-refractivity contribution in [2.45, 2.75) is 11.8 Å². The van der Waals surface area contributed by atoms with Crippen molar-refractivity contribution in [2.24, 2.45) is 4.40 Å². The third-order valence-corrected chi connectivity index (χ3v) is 4.59. The van der Waals surface area contributed by atoms with Crippen molar-refractivity contribution in [1.82, 2.24) is 0 Å². The summed E-state index contributed by atoms with van der Waals surface area (Å²) in [5, 5.41) is 0. The van der Waals surface area contributed by atoms with E-state index in [1.54, 1.807) is 42.5 Å². The highest BCUT2D eigenvalue weighted by Crippen LogP contribution is 2.18. The smallest absolute Gasteiger partial charge is 0.339 e. The first-order valence-electron chi connectivity index (χ1n) is 7.10. The van der Waals surface area contributed by atoms with Crippen LogP contribution in [0.15, 0.2) is 76.0 Å². The third kappa shape index (κ3) is 3.97. The molecular weight excluding hydrogens is 326 g/mol. The number of rotatable bonds is 5. The maximum atomic E-state index is 12.6. The molecule has 0 unspecified atom stereocenters. The number of aryl methyl sites for hydroxylation is 1. The second-order valence-corrected chi connectivity index (χ2v) is 6.67. The van der Waals surface area contributed by atoms with Crippen molar-refractivity contribution in [3.8, 4) is 0 Å². The highest BCUT2D eigenvalue weighted by molar-refractivity contribution is 7.90. The van der Waals surface area contributed by atoms with Crippen molar-refractivity contribution in [1.29, 1.82) is 0 Å². The first-order chi connectivity index (χ1) is 11.3. The van der Waals surface area contributed by atoms with Crippen LogP contribution in [0.1, 0.15) is 11.1 Å². The lowest BCUT2D eigenvalue weighted by Gasteiger charge is -2.09. The Balaban J connectivity index is 2.58. The van der Waals surface area contributed by atoms with Gasteiger partial charge in [-0.1, -0.05) is 54.6 Å². The van der Waals surface area contributed by atoms with E-state index in [1.165, 1.54) is 19.2 Å². The molecule has 0 saturated carbocycles. The quantitative estimate of drug-likeness (QED) is 0.475. The number of methoxy groups -OCH3 is 1. The summed E-state index contributed by atoms with van der Waals surface area (Å²) in [6.45, 7) is 5.48. The fourth-order valence-corrected chi connectivity index (χ4v) is 3.02. The lowest BCUT2D eigenvalue weighted by molar-refractivity contribution is -0.135. The van der Waals surface area contributed by atoms with Gasteiger partial charge in [0, 0.05) is 5.56 Å². The molecule has 0 aromatic heterocycles. The summed E-state index contributed by atoms with van der Waals surface area (Å²) in [4.78, 5) is 11.8. The molecule has 0 aliphatic heterocycles. The van der Waals surface area contributed by atoms with E-state index in [2.05, 4.69) is 15.7 Å². The van der Waals surface area contributed by atoms with Gasteiger partial charge in [0.2, 0.25) is 0 Å². The van der Waals surface area contributed by atoms with Crippen LogP contribution in [0.5, 0.6) is 0 Å². The largest absolute Gasteiger partial charge is 0.465 e. The number of carbonyl (C=O) groups is 1. The van der Waals surface area contributed by atoms with Gasteiger partial charge in [-0.25, -0.2) is 4.79 Å². The van der Waals surface area contributed by atoms with Crippen LogP contribution in [-0.4, -0.2) is 27.2 Å². The standard InChI is InChI=1S/C18H17NO4S/c1-13-9-11-16(12-10-13)24(21,22)19-17(14(2)18(20)23-3)15-7-5-4-6-8-15/h4-12H,2H2,1,3H3/b19-17-. The van der Waals surface area contributed by atoms with Crippen molar-refractivity contribution in [3.05, 3.63) is 77.9 Å². The van der Waals surface area contributed by atoms with E-state index < -0.39 is 16.0 Å². The Bertz CT molecular complexity index is 882. The minimum absolute atomic E-state index is 0.0389. The highest BCUT2D eigenvalue weighted by atomic mass is 32.2. The van der Waals surface area contributed by atoms with Gasteiger partial charge >= 0.3 is 5.97 Å². The normalized spacial score (nSPS) is 11.8. The average Bonchev–Trinajstić information content (AvgIpc) is 2.59. The van der Waals surface area contributed by atoms with Gasteiger partial charge in [-0.15, -0.1) is 0 Å². The fraction of sp³-hybridized carbons (Fsp3) is 0.111. The molecule has 0 bridgehead atoms. The highest BCUT2D eigenvalue weighted by Gasteiger charge is 2.21. The van der Waals surface area contributed by atoms with Gasteiger partial charge in [0.25, 0.3) is 10.0 Å². The minimum atomic E-state index is -3.99. The van der Waals surface area contributed by atoms with Crippen molar-refractivity contribution < 1.29 is 17.9 Å². The topological polar surface area (TPSA) is 72.8 Å². The molecule has 0 atom stereocenters. The Hall–Kier alpha value is -2.73. The monoisotopic (exact) mass is 343 g/mol. The lowest BCUT2D eigenvalue weighted by Crippen LogP contribution is -2.16. The molecule has 2 rings (SSSR count). The average molecular weight is 343 g/mol. The molecule has 124 valence electrons. The van der Waals surface area contributed by atoms with Gasteiger partial charge in [0.15, 0.2) is 0 Å². The maximum Gasteiger partial charge on any atom is 0.339 e. The molecule has 5 nitrogen and oxygen atoms in total. The number of nitrogens with zero attached hydrogens (tertiary/aromatic N) is 1. The number of benzene rings is 2.